The van der Waals surface area contributed by atoms with Gasteiger partial charge in [-0.05, 0) is 6.07 Å². The fourth-order valence-corrected chi connectivity index (χ4v) is 3.62. The number of nitrogen functional groups attached to an aromatic ring is 1. The molecule has 8 nitrogen and oxygen atoms in total. The van der Waals surface area contributed by atoms with Gasteiger partial charge < -0.3 is 10.8 Å². The van der Waals surface area contributed by atoms with Crippen LogP contribution in [0.3, 0.4) is 0 Å². The van der Waals surface area contributed by atoms with Gasteiger partial charge in [0.25, 0.3) is 5.69 Å². The molecule has 0 spiro atoms. The number of rotatable bonds is 5. The smallest absolute Gasteiger partial charge is 0.273 e. The number of fused-ring (bicyclic) bond motifs is 1. The molecule has 0 unspecified atom stereocenters. The van der Waals surface area contributed by atoms with E-state index in [4.69, 9.17) is 5.84 Å². The summed E-state index contributed by atoms with van der Waals surface area (Å²) in [6.07, 6.45) is 1.84. The van der Waals surface area contributed by atoms with Crippen LogP contribution in [0.2, 0.25) is 0 Å². The Labute approximate surface area is 152 Å². The van der Waals surface area contributed by atoms with Crippen molar-refractivity contribution in [1.29, 1.82) is 0 Å². The van der Waals surface area contributed by atoms with E-state index in [0.29, 0.717) is 22.3 Å². The fourth-order valence-electron chi connectivity index (χ4n) is 2.77. The largest absolute Gasteiger partial charge is 0.360 e. The molecule has 2 aromatic carbocycles. The zero-order valence-corrected chi connectivity index (χ0v) is 14.3. The van der Waals surface area contributed by atoms with Crippen LogP contribution >= 0.6 is 11.8 Å². The first-order valence-electron chi connectivity index (χ1n) is 7.77. The van der Waals surface area contributed by atoms with Crippen LogP contribution in [0.5, 0.6) is 0 Å². The first-order valence-corrected chi connectivity index (χ1v) is 8.76. The zero-order chi connectivity index (χ0) is 18.1. The summed E-state index contributed by atoms with van der Waals surface area (Å²) in [5, 5.41) is 20.9. The number of nitro groups is 1. The number of hydrogen-bond acceptors (Lipinski definition) is 6. The molecule has 0 fully saturated rings. The number of para-hydroxylation sites is 2. The minimum atomic E-state index is -0.388. The zero-order valence-electron chi connectivity index (χ0n) is 13.5. The molecule has 26 heavy (non-hydrogen) atoms. The molecular weight excluding hydrogens is 352 g/mol. The Hall–Kier alpha value is -3.33. The Kier molecular flexibility index (Phi) is 4.05. The molecular formula is C17H14N6O2S. The Bertz CT molecular complexity index is 1100. The predicted molar refractivity (Wildman–Crippen MR) is 100 cm³/mol. The van der Waals surface area contributed by atoms with Gasteiger partial charge in [0.15, 0.2) is 5.82 Å². The molecule has 0 amide bonds. The summed E-state index contributed by atoms with van der Waals surface area (Å²) in [7, 11) is 0. The molecule has 4 rings (SSSR count). The van der Waals surface area contributed by atoms with Crippen molar-refractivity contribution >= 4 is 28.4 Å². The van der Waals surface area contributed by atoms with Crippen molar-refractivity contribution < 1.29 is 4.92 Å². The number of aromatic amines is 1. The van der Waals surface area contributed by atoms with Gasteiger partial charge in [-0.1, -0.05) is 48.2 Å². The minimum absolute atomic E-state index is 0.0833. The van der Waals surface area contributed by atoms with Crippen LogP contribution in [0, 0.1) is 10.1 Å². The molecule has 9 heteroatoms. The summed E-state index contributed by atoms with van der Waals surface area (Å²) in [5.41, 5.74) is 2.53. The van der Waals surface area contributed by atoms with Crippen LogP contribution < -0.4 is 5.84 Å². The Morgan fingerprint density at radius 1 is 1.15 bits per heavy atom. The third-order valence-corrected chi connectivity index (χ3v) is 5.03. The number of hydrogen-bond donors (Lipinski definition) is 2. The maximum Gasteiger partial charge on any atom is 0.273 e. The predicted octanol–water partition coefficient (Wildman–Crippen LogP) is 3.34. The van der Waals surface area contributed by atoms with Gasteiger partial charge in [0.05, 0.1) is 4.92 Å². The lowest BCUT2D eigenvalue weighted by Gasteiger charge is -2.04. The molecule has 0 saturated heterocycles. The Balaban J connectivity index is 1.62. The fraction of sp³-hybridized carbons (Fsp3) is 0.0588. The van der Waals surface area contributed by atoms with Crippen molar-refractivity contribution in [2.24, 2.45) is 0 Å². The van der Waals surface area contributed by atoms with E-state index in [-0.39, 0.29) is 10.6 Å². The van der Waals surface area contributed by atoms with E-state index >= 15 is 0 Å². The number of H-pyrrole nitrogens is 1. The molecule has 4 aromatic rings. The summed E-state index contributed by atoms with van der Waals surface area (Å²) < 4.78 is 1.41. The van der Waals surface area contributed by atoms with Gasteiger partial charge in [-0.3, -0.25) is 10.1 Å². The monoisotopic (exact) mass is 366 g/mol. The van der Waals surface area contributed by atoms with E-state index in [1.807, 2.05) is 30.5 Å². The van der Waals surface area contributed by atoms with Crippen LogP contribution in [0.25, 0.3) is 22.3 Å². The summed E-state index contributed by atoms with van der Waals surface area (Å²) in [6, 6.07) is 14.5. The molecule has 0 radical (unpaired) electrons. The van der Waals surface area contributed by atoms with E-state index in [1.165, 1.54) is 22.5 Å². The van der Waals surface area contributed by atoms with Crippen molar-refractivity contribution in [3.63, 3.8) is 0 Å². The number of nitrogens with two attached hydrogens (primary N) is 1. The first-order chi connectivity index (χ1) is 12.6. The summed E-state index contributed by atoms with van der Waals surface area (Å²) in [6.45, 7) is 0. The average Bonchev–Trinajstić information content (AvgIpc) is 3.23. The maximum atomic E-state index is 11.1. The van der Waals surface area contributed by atoms with Gasteiger partial charge in [-0.15, -0.1) is 10.2 Å². The molecule has 2 heterocycles. The van der Waals surface area contributed by atoms with Gasteiger partial charge in [-0.25, -0.2) is 4.68 Å². The first kappa shape index (κ1) is 16.2. The van der Waals surface area contributed by atoms with E-state index in [0.717, 1.165) is 16.5 Å². The third kappa shape index (κ3) is 2.78. The maximum absolute atomic E-state index is 11.1. The standard InChI is InChI=1S/C17H14N6O2S/c18-22-16(13-9-19-14-7-3-2-6-12(13)14)20-21-17(22)26-10-11-5-1-4-8-15(11)23(24)25/h1-9,19H,10,18H2. The Morgan fingerprint density at radius 2 is 1.92 bits per heavy atom. The van der Waals surface area contributed by atoms with Crippen LogP contribution in [-0.2, 0) is 5.75 Å². The quantitative estimate of drug-likeness (QED) is 0.242. The molecule has 0 saturated carbocycles. The lowest BCUT2D eigenvalue weighted by atomic mass is 10.2. The number of nitrogens with zero attached hydrogens (tertiary/aromatic N) is 4. The molecule has 3 N–H and O–H groups in total. The number of nitrogens with one attached hydrogen (secondary N) is 1. The number of thioether (sulfide) groups is 1. The van der Waals surface area contributed by atoms with Crippen molar-refractivity contribution in [2.45, 2.75) is 10.9 Å². The average molecular weight is 366 g/mol. The molecule has 0 aliphatic rings. The van der Waals surface area contributed by atoms with Crippen LogP contribution in [0.4, 0.5) is 5.69 Å². The molecule has 130 valence electrons. The summed E-state index contributed by atoms with van der Waals surface area (Å²) in [5.74, 6) is 7.08. The molecule has 2 aromatic heterocycles. The van der Waals surface area contributed by atoms with Crippen molar-refractivity contribution in [2.75, 3.05) is 5.84 Å². The van der Waals surface area contributed by atoms with Crippen molar-refractivity contribution in [1.82, 2.24) is 19.9 Å². The minimum Gasteiger partial charge on any atom is -0.360 e. The van der Waals surface area contributed by atoms with Gasteiger partial charge in [0, 0.05) is 40.0 Å². The van der Waals surface area contributed by atoms with Gasteiger partial charge >= 0.3 is 0 Å². The SMILES string of the molecule is Nn1c(SCc2ccccc2[N+](=O)[O-])nnc1-c1c[nH]c2ccccc12. The number of benzene rings is 2. The summed E-state index contributed by atoms with van der Waals surface area (Å²) >= 11 is 1.30. The van der Waals surface area contributed by atoms with Crippen LogP contribution in [0.1, 0.15) is 5.56 Å². The van der Waals surface area contributed by atoms with Crippen LogP contribution in [0.15, 0.2) is 59.9 Å². The molecule has 0 bridgehead atoms. The number of nitro benzene ring substituents is 1. The highest BCUT2D eigenvalue weighted by Crippen LogP contribution is 2.30. The van der Waals surface area contributed by atoms with Gasteiger partial charge in [-0.2, -0.15) is 0 Å². The van der Waals surface area contributed by atoms with Crippen molar-refractivity contribution in [3.05, 3.63) is 70.4 Å². The molecule has 0 atom stereocenters. The van der Waals surface area contributed by atoms with Gasteiger partial charge in [0.1, 0.15) is 0 Å². The lowest BCUT2D eigenvalue weighted by Crippen LogP contribution is -2.11. The third-order valence-electron chi connectivity index (χ3n) is 4.04. The second-order valence-electron chi connectivity index (χ2n) is 5.60. The number of aromatic nitrogens is 4. The lowest BCUT2D eigenvalue weighted by molar-refractivity contribution is -0.385. The highest BCUT2D eigenvalue weighted by molar-refractivity contribution is 7.98. The van der Waals surface area contributed by atoms with Crippen LogP contribution in [-0.4, -0.2) is 24.8 Å². The molecule has 0 aliphatic carbocycles. The normalized spacial score (nSPS) is 11.1. The summed E-state index contributed by atoms with van der Waals surface area (Å²) in [4.78, 5) is 13.9. The van der Waals surface area contributed by atoms with E-state index in [1.54, 1.807) is 18.2 Å². The topological polar surface area (TPSA) is 116 Å². The Morgan fingerprint density at radius 3 is 2.77 bits per heavy atom. The second-order valence-corrected chi connectivity index (χ2v) is 6.54. The van der Waals surface area contributed by atoms with E-state index in [2.05, 4.69) is 15.2 Å². The van der Waals surface area contributed by atoms with Crippen molar-refractivity contribution in [3.8, 4) is 11.4 Å². The van der Waals surface area contributed by atoms with E-state index < -0.39 is 0 Å². The highest BCUT2D eigenvalue weighted by Gasteiger charge is 2.18. The second kappa shape index (κ2) is 6.52. The molecule has 0 aliphatic heterocycles. The highest BCUT2D eigenvalue weighted by atomic mass is 32.2. The van der Waals surface area contributed by atoms with Gasteiger partial charge in [0.2, 0.25) is 5.16 Å². The van der Waals surface area contributed by atoms with E-state index in [9.17, 15) is 10.1 Å².